The summed E-state index contributed by atoms with van der Waals surface area (Å²) in [5, 5.41) is 0. The van der Waals surface area contributed by atoms with E-state index in [2.05, 4.69) is 13.8 Å². The molecule has 34 heavy (non-hydrogen) atoms. The molecule has 2 aliphatic carbocycles. The number of primary amides is 1. The number of piperidine rings is 1. The Labute approximate surface area is 203 Å². The van der Waals surface area contributed by atoms with Crippen molar-refractivity contribution in [1.29, 1.82) is 0 Å². The molecule has 3 fully saturated rings. The molecule has 0 bridgehead atoms. The predicted octanol–water partition coefficient (Wildman–Crippen LogP) is 3.32. The number of carbonyl (C=O) groups is 5. The number of fused-ring (bicyclic) bond motifs is 1. The van der Waals surface area contributed by atoms with Crippen molar-refractivity contribution in [3.05, 3.63) is 0 Å². The van der Waals surface area contributed by atoms with E-state index < -0.39 is 35.0 Å². The minimum absolute atomic E-state index is 0.0356. The minimum atomic E-state index is -0.994. The number of likely N-dealkylation sites (tertiary alicyclic amines) is 1. The van der Waals surface area contributed by atoms with Gasteiger partial charge in [0.05, 0.1) is 6.04 Å². The topological polar surface area (TPSA) is 115 Å². The largest absolute Gasteiger partial charge is 0.363 e. The molecule has 2 amide bonds. The Kier molecular flexibility index (Phi) is 7.45. The molecular weight excluding hydrogens is 432 g/mol. The van der Waals surface area contributed by atoms with Crippen molar-refractivity contribution < 1.29 is 24.0 Å². The number of hydrogen-bond donors (Lipinski definition) is 1. The normalized spacial score (nSPS) is 27.4. The van der Waals surface area contributed by atoms with Gasteiger partial charge in [-0.2, -0.15) is 0 Å². The molecule has 0 aromatic rings. The number of hydrogen-bond acceptors (Lipinski definition) is 5. The van der Waals surface area contributed by atoms with Crippen LogP contribution in [0.25, 0.3) is 0 Å². The Morgan fingerprint density at radius 3 is 2.15 bits per heavy atom. The van der Waals surface area contributed by atoms with Crippen LogP contribution in [0.1, 0.15) is 86.5 Å². The minimum Gasteiger partial charge on any atom is -0.363 e. The van der Waals surface area contributed by atoms with Crippen LogP contribution in [0.3, 0.4) is 0 Å². The Bertz CT molecular complexity index is 867. The van der Waals surface area contributed by atoms with Gasteiger partial charge < -0.3 is 10.6 Å². The van der Waals surface area contributed by atoms with Crippen LogP contribution in [-0.4, -0.2) is 46.7 Å². The van der Waals surface area contributed by atoms with E-state index in [0.717, 1.165) is 19.3 Å². The Hall–Kier alpha value is -2.05. The van der Waals surface area contributed by atoms with Gasteiger partial charge in [0.1, 0.15) is 5.78 Å². The van der Waals surface area contributed by atoms with Crippen LogP contribution in [0.5, 0.6) is 0 Å². The van der Waals surface area contributed by atoms with Crippen LogP contribution in [0.4, 0.5) is 0 Å². The molecule has 2 N–H and O–H groups in total. The van der Waals surface area contributed by atoms with Gasteiger partial charge in [0.15, 0.2) is 5.78 Å². The van der Waals surface area contributed by atoms with Crippen molar-refractivity contribution in [2.24, 2.45) is 46.2 Å². The second kappa shape index (κ2) is 9.54. The highest BCUT2D eigenvalue weighted by atomic mass is 16.2. The lowest BCUT2D eigenvalue weighted by Crippen LogP contribution is -2.51. The summed E-state index contributed by atoms with van der Waals surface area (Å²) in [5.41, 5.74) is 4.83. The first-order valence-corrected chi connectivity index (χ1v) is 12.9. The molecule has 0 radical (unpaired) electrons. The first-order chi connectivity index (χ1) is 15.7. The average molecular weight is 475 g/mol. The highest BCUT2D eigenvalue weighted by Gasteiger charge is 2.69. The third-order valence-electron chi connectivity index (χ3n) is 8.89. The molecule has 5 atom stereocenters. The van der Waals surface area contributed by atoms with E-state index in [9.17, 15) is 24.0 Å². The van der Waals surface area contributed by atoms with Crippen molar-refractivity contribution in [2.75, 3.05) is 6.54 Å². The smallest absolute Gasteiger partial charge is 0.285 e. The Morgan fingerprint density at radius 2 is 1.68 bits per heavy atom. The molecular formula is C27H42N2O5. The van der Waals surface area contributed by atoms with Crippen molar-refractivity contribution in [3.63, 3.8) is 0 Å². The average Bonchev–Trinajstić information content (AvgIpc) is 3.06. The van der Waals surface area contributed by atoms with E-state index in [1.807, 2.05) is 20.8 Å². The molecule has 2 saturated carbocycles. The SMILES string of the molecule is CCC(=O)C[C@H](C(=O)N1C[C@H]2[C@@H]([C@H]1C(=O)CC(CC1CCC1)C(=O)C(N)=O)C2(C)C)C(C)(C)C. The maximum Gasteiger partial charge on any atom is 0.285 e. The summed E-state index contributed by atoms with van der Waals surface area (Å²) >= 11 is 0. The zero-order chi connectivity index (χ0) is 25.6. The highest BCUT2D eigenvalue weighted by molar-refractivity contribution is 6.36. The second-order valence-electron chi connectivity index (χ2n) is 12.5. The summed E-state index contributed by atoms with van der Waals surface area (Å²) in [6, 6.07) is -0.612. The zero-order valence-electron chi connectivity index (χ0n) is 21.7. The number of ketones is 3. The van der Waals surface area contributed by atoms with E-state index >= 15 is 0 Å². The molecule has 1 heterocycles. The maximum atomic E-state index is 13.8. The molecule has 0 aromatic heterocycles. The van der Waals surface area contributed by atoms with E-state index in [4.69, 9.17) is 5.73 Å². The lowest BCUT2D eigenvalue weighted by atomic mass is 9.75. The van der Waals surface area contributed by atoms with Crippen molar-refractivity contribution >= 4 is 29.2 Å². The molecule has 1 saturated heterocycles. The summed E-state index contributed by atoms with van der Waals surface area (Å²) < 4.78 is 0. The number of amides is 2. The first kappa shape index (κ1) is 26.6. The molecule has 7 heteroatoms. The predicted molar refractivity (Wildman–Crippen MR) is 128 cm³/mol. The van der Waals surface area contributed by atoms with Gasteiger partial charge in [0.2, 0.25) is 11.7 Å². The molecule has 7 nitrogen and oxygen atoms in total. The van der Waals surface area contributed by atoms with Gasteiger partial charge in [0, 0.05) is 37.6 Å². The molecule has 0 spiro atoms. The van der Waals surface area contributed by atoms with Crippen molar-refractivity contribution in [2.45, 2.75) is 92.5 Å². The molecule has 1 unspecified atom stereocenters. The van der Waals surface area contributed by atoms with Crippen LogP contribution in [-0.2, 0) is 24.0 Å². The fourth-order valence-corrected chi connectivity index (χ4v) is 6.20. The monoisotopic (exact) mass is 474 g/mol. The van der Waals surface area contributed by atoms with E-state index in [0.29, 0.717) is 25.3 Å². The van der Waals surface area contributed by atoms with Gasteiger partial charge in [-0.1, -0.05) is 60.8 Å². The van der Waals surface area contributed by atoms with E-state index in [-0.39, 0.29) is 47.6 Å². The van der Waals surface area contributed by atoms with Gasteiger partial charge in [-0.05, 0) is 35.0 Å². The van der Waals surface area contributed by atoms with Gasteiger partial charge >= 0.3 is 0 Å². The van der Waals surface area contributed by atoms with E-state index in [1.165, 1.54) is 0 Å². The molecule has 190 valence electrons. The maximum absolute atomic E-state index is 13.8. The fraction of sp³-hybridized carbons (Fsp3) is 0.815. The van der Waals surface area contributed by atoms with Crippen molar-refractivity contribution in [1.82, 2.24) is 4.90 Å². The number of carbonyl (C=O) groups excluding carboxylic acids is 5. The van der Waals surface area contributed by atoms with Crippen molar-refractivity contribution in [3.8, 4) is 0 Å². The molecule has 0 aromatic carbocycles. The summed E-state index contributed by atoms with van der Waals surface area (Å²) in [6.07, 6.45) is 4.09. The van der Waals surface area contributed by atoms with Crippen LogP contribution in [0.15, 0.2) is 0 Å². The second-order valence-corrected chi connectivity index (χ2v) is 12.5. The van der Waals surface area contributed by atoms with Gasteiger partial charge in [-0.25, -0.2) is 0 Å². The quantitative estimate of drug-likeness (QED) is 0.461. The summed E-state index contributed by atoms with van der Waals surface area (Å²) in [4.78, 5) is 65.7. The van der Waals surface area contributed by atoms with Crippen LogP contribution < -0.4 is 5.73 Å². The van der Waals surface area contributed by atoms with Crippen LogP contribution in [0.2, 0.25) is 0 Å². The summed E-state index contributed by atoms with van der Waals surface area (Å²) in [5.74, 6) is -2.54. The standard InChI is InChI=1S/C27H42N2O5/c1-7-17(30)13-18(26(2,3)4)25(34)29-14-19-21(27(19,5)6)22(29)20(31)12-16(23(32)24(28)33)11-15-9-8-10-15/h15-16,18-19,21-22H,7-14H2,1-6H3,(H2,28,33)/t16?,18-,19+,21+,22-/m1/s1. The fourth-order valence-electron chi connectivity index (χ4n) is 6.20. The van der Waals surface area contributed by atoms with Gasteiger partial charge in [0.25, 0.3) is 5.91 Å². The van der Waals surface area contributed by atoms with Crippen LogP contribution >= 0.6 is 0 Å². The Morgan fingerprint density at radius 1 is 1.06 bits per heavy atom. The Balaban J connectivity index is 1.84. The van der Waals surface area contributed by atoms with Gasteiger partial charge in [-0.3, -0.25) is 24.0 Å². The molecule has 3 aliphatic rings. The lowest BCUT2D eigenvalue weighted by molar-refractivity contribution is -0.148. The molecule has 1 aliphatic heterocycles. The van der Waals surface area contributed by atoms with Gasteiger partial charge in [-0.15, -0.1) is 0 Å². The number of nitrogens with zero attached hydrogens (tertiary/aromatic N) is 1. The third-order valence-corrected chi connectivity index (χ3v) is 8.89. The third kappa shape index (κ3) is 5.13. The summed E-state index contributed by atoms with van der Waals surface area (Å²) in [6.45, 7) is 12.4. The number of rotatable bonds is 11. The number of nitrogens with two attached hydrogens (primary N) is 1. The van der Waals surface area contributed by atoms with Crippen LogP contribution in [0, 0.1) is 40.4 Å². The first-order valence-electron chi connectivity index (χ1n) is 12.9. The zero-order valence-corrected chi connectivity index (χ0v) is 21.7. The highest BCUT2D eigenvalue weighted by Crippen LogP contribution is 2.65. The summed E-state index contributed by atoms with van der Waals surface area (Å²) in [7, 11) is 0. The van der Waals surface area contributed by atoms with E-state index in [1.54, 1.807) is 11.8 Å². The lowest BCUT2D eigenvalue weighted by Gasteiger charge is -2.37. The number of Topliss-reactive ketones (excluding diaryl/α,β-unsaturated/α-hetero) is 3. The molecule has 3 rings (SSSR count).